The van der Waals surface area contributed by atoms with Gasteiger partial charge in [-0.2, -0.15) is 0 Å². The number of halogens is 1. The zero-order valence-electron chi connectivity index (χ0n) is 11.2. The maximum absolute atomic E-state index is 11.8. The lowest BCUT2D eigenvalue weighted by molar-refractivity contribution is -0.145. The molecule has 1 aliphatic carbocycles. The summed E-state index contributed by atoms with van der Waals surface area (Å²) < 4.78 is 0. The van der Waals surface area contributed by atoms with Gasteiger partial charge in [0.25, 0.3) is 0 Å². The molecule has 0 aromatic heterocycles. The summed E-state index contributed by atoms with van der Waals surface area (Å²) in [5.74, 6) is -0.566. The van der Waals surface area contributed by atoms with E-state index in [4.69, 9.17) is 11.6 Å². The Labute approximate surface area is 119 Å². The molecule has 0 heterocycles. The number of aliphatic carboxylic acids is 1. The number of hydrogen-bond acceptors (Lipinski definition) is 2. The summed E-state index contributed by atoms with van der Waals surface area (Å²) >= 11 is 5.86. The van der Waals surface area contributed by atoms with Crippen molar-refractivity contribution in [1.82, 2.24) is 0 Å². The third-order valence-corrected chi connectivity index (χ3v) is 4.41. The molecule has 0 bridgehead atoms. The maximum Gasteiger partial charge on any atom is 0.329 e. The lowest BCUT2D eigenvalue weighted by atomic mass is 9.71. The first kappa shape index (κ1) is 14.2. The number of nitrogens with one attached hydrogen (secondary N) is 1. The standard InChI is InChI=1S/C15H20ClNO2/c1-2-11-5-3-4-10-15(11,14(18)19)17-13-8-6-12(16)7-9-13/h6-9,11,17H,2-5,10H2,1H3,(H,18,19). The van der Waals surface area contributed by atoms with Crippen LogP contribution in [0.3, 0.4) is 0 Å². The van der Waals surface area contributed by atoms with Crippen molar-refractivity contribution in [3.8, 4) is 0 Å². The Hall–Kier alpha value is -1.22. The number of hydrogen-bond donors (Lipinski definition) is 2. The van der Waals surface area contributed by atoms with Gasteiger partial charge in [0.05, 0.1) is 0 Å². The SMILES string of the molecule is CCC1CCCCC1(Nc1ccc(Cl)cc1)C(=O)O. The summed E-state index contributed by atoms with van der Waals surface area (Å²) in [6.45, 7) is 2.07. The molecule has 3 nitrogen and oxygen atoms in total. The highest BCUT2D eigenvalue weighted by molar-refractivity contribution is 6.30. The van der Waals surface area contributed by atoms with Crippen molar-refractivity contribution >= 4 is 23.3 Å². The first-order valence-corrected chi connectivity index (χ1v) is 7.23. The van der Waals surface area contributed by atoms with E-state index in [1.165, 1.54) is 0 Å². The molecule has 2 rings (SSSR count). The normalized spacial score (nSPS) is 26.9. The summed E-state index contributed by atoms with van der Waals surface area (Å²) in [5.41, 5.74) is -0.00645. The highest BCUT2D eigenvalue weighted by Crippen LogP contribution is 2.39. The molecule has 2 N–H and O–H groups in total. The van der Waals surface area contributed by atoms with Crippen LogP contribution in [0.15, 0.2) is 24.3 Å². The summed E-state index contributed by atoms with van der Waals surface area (Å²) in [6, 6.07) is 7.25. The number of benzene rings is 1. The molecule has 0 spiro atoms. The zero-order valence-corrected chi connectivity index (χ0v) is 11.9. The van der Waals surface area contributed by atoms with Crippen LogP contribution in [0.5, 0.6) is 0 Å². The molecule has 104 valence electrons. The first-order chi connectivity index (χ1) is 9.08. The van der Waals surface area contributed by atoms with E-state index in [0.717, 1.165) is 31.4 Å². The Kier molecular flexibility index (Phi) is 4.35. The van der Waals surface area contributed by atoms with Crippen molar-refractivity contribution in [2.75, 3.05) is 5.32 Å². The number of anilines is 1. The Morgan fingerprint density at radius 2 is 2.11 bits per heavy atom. The van der Waals surface area contributed by atoms with E-state index in [9.17, 15) is 9.90 Å². The van der Waals surface area contributed by atoms with Gasteiger partial charge in [0.15, 0.2) is 0 Å². The molecule has 0 saturated heterocycles. The van der Waals surface area contributed by atoms with Gasteiger partial charge in [-0.05, 0) is 43.0 Å². The van der Waals surface area contributed by atoms with Crippen LogP contribution in [-0.2, 0) is 4.79 Å². The van der Waals surface area contributed by atoms with Crippen LogP contribution in [0.2, 0.25) is 5.02 Å². The molecule has 1 aromatic carbocycles. The van der Waals surface area contributed by atoms with Crippen LogP contribution < -0.4 is 5.32 Å². The van der Waals surface area contributed by atoms with E-state index in [1.807, 2.05) is 12.1 Å². The summed E-state index contributed by atoms with van der Waals surface area (Å²) in [5, 5.41) is 13.6. The second-order valence-electron chi connectivity index (χ2n) is 5.26. The maximum atomic E-state index is 11.8. The molecule has 2 atom stereocenters. The van der Waals surface area contributed by atoms with Crippen molar-refractivity contribution in [2.45, 2.75) is 44.6 Å². The Balaban J connectivity index is 2.28. The molecular formula is C15H20ClNO2. The molecular weight excluding hydrogens is 262 g/mol. The van der Waals surface area contributed by atoms with E-state index >= 15 is 0 Å². The minimum absolute atomic E-state index is 0.175. The molecule has 0 amide bonds. The van der Waals surface area contributed by atoms with Gasteiger partial charge < -0.3 is 10.4 Å². The van der Waals surface area contributed by atoms with Crippen molar-refractivity contribution < 1.29 is 9.90 Å². The van der Waals surface area contributed by atoms with Gasteiger partial charge in [0.2, 0.25) is 0 Å². The Morgan fingerprint density at radius 1 is 1.42 bits per heavy atom. The second-order valence-corrected chi connectivity index (χ2v) is 5.70. The van der Waals surface area contributed by atoms with Crippen molar-refractivity contribution in [1.29, 1.82) is 0 Å². The third kappa shape index (κ3) is 2.86. The average Bonchev–Trinajstić information content (AvgIpc) is 2.41. The van der Waals surface area contributed by atoms with Crippen LogP contribution in [0.25, 0.3) is 0 Å². The lowest BCUT2D eigenvalue weighted by Crippen LogP contribution is -2.54. The molecule has 2 unspecified atom stereocenters. The minimum Gasteiger partial charge on any atom is -0.479 e. The van der Waals surface area contributed by atoms with E-state index in [1.54, 1.807) is 12.1 Å². The van der Waals surface area contributed by atoms with Gasteiger partial charge >= 0.3 is 5.97 Å². The number of carboxylic acid groups (broad SMARTS) is 1. The fraction of sp³-hybridized carbons (Fsp3) is 0.533. The summed E-state index contributed by atoms with van der Waals surface area (Å²) in [7, 11) is 0. The predicted octanol–water partition coefficient (Wildman–Crippen LogP) is 4.18. The molecule has 0 aliphatic heterocycles. The van der Waals surface area contributed by atoms with Gasteiger partial charge in [-0.25, -0.2) is 4.79 Å². The molecule has 19 heavy (non-hydrogen) atoms. The van der Waals surface area contributed by atoms with Crippen LogP contribution >= 0.6 is 11.6 Å². The lowest BCUT2D eigenvalue weighted by Gasteiger charge is -2.41. The molecule has 0 radical (unpaired) electrons. The third-order valence-electron chi connectivity index (χ3n) is 4.16. The molecule has 1 aliphatic rings. The first-order valence-electron chi connectivity index (χ1n) is 6.85. The zero-order chi connectivity index (χ0) is 13.9. The van der Waals surface area contributed by atoms with Crippen LogP contribution in [-0.4, -0.2) is 16.6 Å². The van der Waals surface area contributed by atoms with Gasteiger partial charge in [0.1, 0.15) is 5.54 Å². The van der Waals surface area contributed by atoms with Crippen molar-refractivity contribution in [3.63, 3.8) is 0 Å². The Bertz CT molecular complexity index is 446. The highest BCUT2D eigenvalue weighted by atomic mass is 35.5. The van der Waals surface area contributed by atoms with Crippen molar-refractivity contribution in [3.05, 3.63) is 29.3 Å². The Morgan fingerprint density at radius 3 is 2.68 bits per heavy atom. The predicted molar refractivity (Wildman–Crippen MR) is 77.7 cm³/mol. The molecule has 1 saturated carbocycles. The van der Waals surface area contributed by atoms with Crippen molar-refractivity contribution in [2.24, 2.45) is 5.92 Å². The second kappa shape index (κ2) is 5.83. The fourth-order valence-electron chi connectivity index (χ4n) is 3.09. The molecule has 4 heteroatoms. The van der Waals surface area contributed by atoms with E-state index in [-0.39, 0.29) is 5.92 Å². The van der Waals surface area contributed by atoms with Gasteiger partial charge in [-0.1, -0.05) is 37.8 Å². The molecule has 1 fully saturated rings. The summed E-state index contributed by atoms with van der Waals surface area (Å²) in [6.07, 6.45) is 4.62. The van der Waals surface area contributed by atoms with Crippen LogP contribution in [0.1, 0.15) is 39.0 Å². The molecule has 1 aromatic rings. The average molecular weight is 282 g/mol. The van der Waals surface area contributed by atoms with Crippen LogP contribution in [0, 0.1) is 5.92 Å². The van der Waals surface area contributed by atoms with Crippen LogP contribution in [0.4, 0.5) is 5.69 Å². The number of carboxylic acids is 1. The van der Waals surface area contributed by atoms with E-state index < -0.39 is 11.5 Å². The quantitative estimate of drug-likeness (QED) is 0.870. The number of rotatable bonds is 4. The highest BCUT2D eigenvalue weighted by Gasteiger charge is 2.46. The van der Waals surface area contributed by atoms with Gasteiger partial charge in [-0.3, -0.25) is 0 Å². The fourth-order valence-corrected chi connectivity index (χ4v) is 3.21. The topological polar surface area (TPSA) is 49.3 Å². The monoisotopic (exact) mass is 281 g/mol. The van der Waals surface area contributed by atoms with E-state index in [0.29, 0.717) is 11.4 Å². The van der Waals surface area contributed by atoms with Gasteiger partial charge in [0, 0.05) is 10.7 Å². The van der Waals surface area contributed by atoms with E-state index in [2.05, 4.69) is 12.2 Å². The largest absolute Gasteiger partial charge is 0.479 e. The number of carbonyl (C=O) groups is 1. The summed E-state index contributed by atoms with van der Waals surface area (Å²) in [4.78, 5) is 11.8. The van der Waals surface area contributed by atoms with Gasteiger partial charge in [-0.15, -0.1) is 0 Å². The minimum atomic E-state index is -0.833. The smallest absolute Gasteiger partial charge is 0.329 e.